The molecule has 2 saturated heterocycles. The molecule has 1 unspecified atom stereocenters. The van der Waals surface area contributed by atoms with Crippen LogP contribution in [0.25, 0.3) is 0 Å². The van der Waals surface area contributed by atoms with Gasteiger partial charge in [0.25, 0.3) is 0 Å². The number of thioether (sulfide) groups is 1. The lowest BCUT2D eigenvalue weighted by molar-refractivity contribution is 0.318. The summed E-state index contributed by atoms with van der Waals surface area (Å²) in [5.41, 5.74) is 1.19. The largest absolute Gasteiger partial charge is 0.449 e. The van der Waals surface area contributed by atoms with Gasteiger partial charge in [-0.2, -0.15) is 11.8 Å². The van der Waals surface area contributed by atoms with E-state index in [0.717, 1.165) is 31.3 Å². The average Bonchev–Trinajstić information content (AvgIpc) is 2.73. The lowest BCUT2D eigenvalue weighted by Gasteiger charge is -2.25. The number of rotatable bonds is 3. The van der Waals surface area contributed by atoms with Crippen molar-refractivity contribution in [3.05, 3.63) is 17.8 Å². The van der Waals surface area contributed by atoms with E-state index in [2.05, 4.69) is 10.3 Å². The van der Waals surface area contributed by atoms with Crippen LogP contribution in [0, 0.1) is 5.92 Å². The highest BCUT2D eigenvalue weighted by molar-refractivity contribution is 7.99. The zero-order valence-electron chi connectivity index (χ0n) is 9.45. The predicted molar refractivity (Wildman–Crippen MR) is 65.9 cm³/mol. The fourth-order valence-corrected chi connectivity index (χ4v) is 3.48. The molecule has 1 aromatic heterocycles. The van der Waals surface area contributed by atoms with E-state index in [1.807, 2.05) is 18.0 Å². The molecular weight excluding hydrogens is 220 g/mol. The van der Waals surface area contributed by atoms with Crippen molar-refractivity contribution in [2.75, 3.05) is 24.6 Å². The molecule has 1 N–H and O–H groups in total. The van der Waals surface area contributed by atoms with E-state index in [1.54, 1.807) is 0 Å². The van der Waals surface area contributed by atoms with E-state index in [4.69, 9.17) is 4.42 Å². The summed E-state index contributed by atoms with van der Waals surface area (Å²) < 4.78 is 5.58. The number of nitrogens with one attached hydrogen (secondary N) is 1. The molecule has 0 amide bonds. The fraction of sp³-hybridized carbons (Fsp3) is 0.750. The maximum absolute atomic E-state index is 5.58. The molecule has 1 atom stereocenters. The van der Waals surface area contributed by atoms with E-state index in [0.29, 0.717) is 5.92 Å². The maximum atomic E-state index is 5.58. The van der Waals surface area contributed by atoms with Crippen LogP contribution in [0.5, 0.6) is 0 Å². The molecule has 88 valence electrons. The van der Waals surface area contributed by atoms with Gasteiger partial charge in [0.1, 0.15) is 6.26 Å². The molecule has 0 saturated carbocycles. The highest BCUT2D eigenvalue weighted by Gasteiger charge is 2.22. The molecule has 0 bridgehead atoms. The van der Waals surface area contributed by atoms with Gasteiger partial charge in [-0.05, 0) is 37.6 Å². The second-order valence-electron chi connectivity index (χ2n) is 4.81. The zero-order chi connectivity index (χ0) is 10.8. The average molecular weight is 238 g/mol. The molecule has 1 aromatic rings. The van der Waals surface area contributed by atoms with Crippen molar-refractivity contribution in [1.29, 1.82) is 0 Å². The van der Waals surface area contributed by atoms with Crippen molar-refractivity contribution < 1.29 is 4.42 Å². The van der Waals surface area contributed by atoms with Crippen molar-refractivity contribution in [2.45, 2.75) is 25.2 Å². The predicted octanol–water partition coefficient (Wildman–Crippen LogP) is 2.05. The van der Waals surface area contributed by atoms with Gasteiger partial charge in [-0.25, -0.2) is 4.98 Å². The smallest absolute Gasteiger partial charge is 0.194 e. The molecule has 3 nitrogen and oxygen atoms in total. The van der Waals surface area contributed by atoms with Gasteiger partial charge in [-0.15, -0.1) is 0 Å². The molecule has 0 aliphatic carbocycles. The van der Waals surface area contributed by atoms with E-state index in [-0.39, 0.29) is 0 Å². The van der Waals surface area contributed by atoms with E-state index >= 15 is 0 Å². The number of hydrogen-bond donors (Lipinski definition) is 1. The van der Waals surface area contributed by atoms with Crippen LogP contribution in [0.2, 0.25) is 0 Å². The van der Waals surface area contributed by atoms with E-state index in [1.165, 1.54) is 30.0 Å². The van der Waals surface area contributed by atoms with Crippen LogP contribution in [0.3, 0.4) is 0 Å². The Morgan fingerprint density at radius 2 is 2.44 bits per heavy atom. The SMILES string of the molecule is c1oc(CC2CNC2)nc1C1CCCSC1. The molecule has 2 fully saturated rings. The molecule has 3 heterocycles. The first-order valence-corrected chi connectivity index (χ1v) is 7.30. The van der Waals surface area contributed by atoms with Crippen LogP contribution in [-0.2, 0) is 6.42 Å². The number of nitrogens with zero attached hydrogens (tertiary/aromatic N) is 1. The summed E-state index contributed by atoms with van der Waals surface area (Å²) in [6.07, 6.45) is 5.50. The lowest BCUT2D eigenvalue weighted by Crippen LogP contribution is -2.43. The van der Waals surface area contributed by atoms with Gasteiger partial charge in [0.05, 0.1) is 5.69 Å². The molecule has 16 heavy (non-hydrogen) atoms. The molecule has 0 spiro atoms. The fourth-order valence-electron chi connectivity index (χ4n) is 2.32. The Morgan fingerprint density at radius 3 is 3.12 bits per heavy atom. The van der Waals surface area contributed by atoms with Crippen LogP contribution >= 0.6 is 11.8 Å². The van der Waals surface area contributed by atoms with Gasteiger partial charge in [0.15, 0.2) is 5.89 Å². The monoisotopic (exact) mass is 238 g/mol. The summed E-state index contributed by atoms with van der Waals surface area (Å²) >= 11 is 2.05. The van der Waals surface area contributed by atoms with Gasteiger partial charge in [0.2, 0.25) is 0 Å². The summed E-state index contributed by atoms with van der Waals surface area (Å²) in [5.74, 6) is 4.85. The van der Waals surface area contributed by atoms with Crippen LogP contribution in [0.1, 0.15) is 30.3 Å². The highest BCUT2D eigenvalue weighted by Crippen LogP contribution is 2.30. The zero-order valence-corrected chi connectivity index (χ0v) is 10.3. The molecular formula is C12H18N2OS. The Bertz CT molecular complexity index is 343. The summed E-state index contributed by atoms with van der Waals surface area (Å²) in [5, 5.41) is 3.28. The van der Waals surface area contributed by atoms with E-state index in [9.17, 15) is 0 Å². The number of hydrogen-bond acceptors (Lipinski definition) is 4. The maximum Gasteiger partial charge on any atom is 0.194 e. The summed E-state index contributed by atoms with van der Waals surface area (Å²) in [7, 11) is 0. The van der Waals surface area contributed by atoms with Crippen LogP contribution in [0.4, 0.5) is 0 Å². The van der Waals surface area contributed by atoms with Crippen molar-refractivity contribution in [1.82, 2.24) is 10.3 Å². The van der Waals surface area contributed by atoms with Gasteiger partial charge in [-0.3, -0.25) is 0 Å². The minimum absolute atomic E-state index is 0.635. The quantitative estimate of drug-likeness (QED) is 0.874. The van der Waals surface area contributed by atoms with Gasteiger partial charge >= 0.3 is 0 Å². The third kappa shape index (κ3) is 2.28. The minimum atomic E-state index is 0.635. The molecule has 3 rings (SSSR count). The first-order valence-electron chi connectivity index (χ1n) is 6.14. The molecule has 2 aliphatic rings. The van der Waals surface area contributed by atoms with Crippen molar-refractivity contribution in [3.63, 3.8) is 0 Å². The summed E-state index contributed by atoms with van der Waals surface area (Å²) in [4.78, 5) is 4.65. The minimum Gasteiger partial charge on any atom is -0.449 e. The third-order valence-corrected chi connectivity index (χ3v) is 4.69. The van der Waals surface area contributed by atoms with Crippen molar-refractivity contribution >= 4 is 11.8 Å². The second kappa shape index (κ2) is 4.80. The molecule has 4 heteroatoms. The van der Waals surface area contributed by atoms with Crippen LogP contribution in [-0.4, -0.2) is 29.6 Å². The van der Waals surface area contributed by atoms with E-state index < -0.39 is 0 Å². The second-order valence-corrected chi connectivity index (χ2v) is 5.96. The lowest BCUT2D eigenvalue weighted by atomic mass is 9.99. The first kappa shape index (κ1) is 10.7. The Kier molecular flexibility index (Phi) is 3.20. The third-order valence-electron chi connectivity index (χ3n) is 3.48. The molecule has 0 radical (unpaired) electrons. The number of aromatic nitrogens is 1. The summed E-state index contributed by atoms with van der Waals surface area (Å²) in [6.45, 7) is 2.24. The first-order chi connectivity index (χ1) is 7.92. The van der Waals surface area contributed by atoms with Crippen molar-refractivity contribution in [2.24, 2.45) is 5.92 Å². The van der Waals surface area contributed by atoms with Gasteiger partial charge < -0.3 is 9.73 Å². The van der Waals surface area contributed by atoms with Gasteiger partial charge in [0, 0.05) is 18.1 Å². The highest BCUT2D eigenvalue weighted by atomic mass is 32.2. The Labute approximate surface area is 100 Å². The summed E-state index contributed by atoms with van der Waals surface area (Å²) in [6, 6.07) is 0. The van der Waals surface area contributed by atoms with Crippen molar-refractivity contribution in [3.8, 4) is 0 Å². The molecule has 0 aromatic carbocycles. The van der Waals surface area contributed by atoms with Crippen LogP contribution < -0.4 is 5.32 Å². The van der Waals surface area contributed by atoms with Gasteiger partial charge in [-0.1, -0.05) is 0 Å². The Morgan fingerprint density at radius 1 is 1.50 bits per heavy atom. The van der Waals surface area contributed by atoms with Crippen LogP contribution in [0.15, 0.2) is 10.7 Å². The number of oxazole rings is 1. The standard InChI is InChI=1S/C12H18N2OS/c1-2-10(8-16-3-1)11-7-15-12(14-11)4-9-5-13-6-9/h7,9-10,13H,1-6,8H2. The Hall–Kier alpha value is -0.480. The molecule has 2 aliphatic heterocycles. The Balaban J connectivity index is 1.61. The normalized spacial score (nSPS) is 26.6. The topological polar surface area (TPSA) is 38.1 Å².